The van der Waals surface area contributed by atoms with Gasteiger partial charge < -0.3 is 40.6 Å². The van der Waals surface area contributed by atoms with Crippen LogP contribution in [-0.4, -0.2) is 96.2 Å². The maximum Gasteiger partial charge on any atom is 0.292 e. The summed E-state index contributed by atoms with van der Waals surface area (Å²) in [5.74, 6) is -0.652. The molecule has 1 saturated heterocycles. The summed E-state index contributed by atoms with van der Waals surface area (Å²) < 4.78 is 1.75. The Labute approximate surface area is 317 Å². The second kappa shape index (κ2) is 15.3. The molecule has 2 amide bonds. The van der Waals surface area contributed by atoms with Crippen molar-refractivity contribution in [2.75, 3.05) is 29.9 Å². The van der Waals surface area contributed by atoms with Crippen molar-refractivity contribution < 1.29 is 24.6 Å². The van der Waals surface area contributed by atoms with Gasteiger partial charge in [-0.3, -0.25) is 14.4 Å². The Balaban J connectivity index is 1.09. The molecule has 1 aliphatic heterocycles. The third-order valence-corrected chi connectivity index (χ3v) is 10.8. The number of nitrogens with one attached hydrogen (secondary N) is 4. The average Bonchev–Trinajstić information content (AvgIpc) is 4.02. The first-order valence-electron chi connectivity index (χ1n) is 18.7. The van der Waals surface area contributed by atoms with E-state index in [9.17, 15) is 24.6 Å². The lowest BCUT2D eigenvalue weighted by Crippen LogP contribution is -2.42. The molecule has 0 radical (unpaired) electrons. The van der Waals surface area contributed by atoms with Gasteiger partial charge in [-0.05, 0) is 30.0 Å². The van der Waals surface area contributed by atoms with Crippen molar-refractivity contribution in [1.82, 2.24) is 35.1 Å². The second-order valence-corrected chi connectivity index (χ2v) is 14.2. The summed E-state index contributed by atoms with van der Waals surface area (Å²) in [4.78, 5) is 58.3. The minimum absolute atomic E-state index is 0.0197. The highest BCUT2D eigenvalue weighted by Gasteiger charge is 2.44. The fourth-order valence-electron chi connectivity index (χ4n) is 7.84. The Hall–Kier alpha value is -6.12. The summed E-state index contributed by atoms with van der Waals surface area (Å²) in [7, 11) is 0. The van der Waals surface area contributed by atoms with Gasteiger partial charge in [-0.25, -0.2) is 4.98 Å². The van der Waals surface area contributed by atoms with Crippen molar-refractivity contribution in [3.63, 3.8) is 0 Å². The molecule has 4 heterocycles. The number of imidazole rings is 1. The number of carbonyl (C=O) groups is 3. The van der Waals surface area contributed by atoms with Crippen molar-refractivity contribution in [3.05, 3.63) is 114 Å². The van der Waals surface area contributed by atoms with E-state index in [-0.39, 0.29) is 30.7 Å². The smallest absolute Gasteiger partial charge is 0.292 e. The molecule has 55 heavy (non-hydrogen) atoms. The number of aliphatic hydroxyl groups excluding tert-OH is 2. The molecule has 3 aromatic heterocycles. The predicted molar refractivity (Wildman–Crippen MR) is 208 cm³/mol. The van der Waals surface area contributed by atoms with Crippen LogP contribution in [0.15, 0.2) is 97.5 Å². The van der Waals surface area contributed by atoms with Crippen LogP contribution in [0.2, 0.25) is 0 Å². The van der Waals surface area contributed by atoms with Crippen LogP contribution in [0.1, 0.15) is 59.6 Å². The Morgan fingerprint density at radius 1 is 0.909 bits per heavy atom. The fourth-order valence-corrected chi connectivity index (χ4v) is 7.84. The molecule has 2 aliphatic rings. The van der Waals surface area contributed by atoms with E-state index < -0.39 is 36.0 Å². The highest BCUT2D eigenvalue weighted by Crippen LogP contribution is 2.35. The third-order valence-electron chi connectivity index (χ3n) is 10.8. The summed E-state index contributed by atoms with van der Waals surface area (Å²) in [6.07, 6.45) is 1.88. The van der Waals surface area contributed by atoms with Crippen molar-refractivity contribution in [2.45, 2.75) is 62.4 Å². The number of anilines is 2. The topological polar surface area (TPSA) is 190 Å². The van der Waals surface area contributed by atoms with Gasteiger partial charge >= 0.3 is 0 Å². The number of para-hydroxylation sites is 1. The summed E-state index contributed by atoms with van der Waals surface area (Å²) >= 11 is 0. The lowest BCUT2D eigenvalue weighted by molar-refractivity contribution is -0.122. The van der Waals surface area contributed by atoms with E-state index in [2.05, 4.69) is 45.2 Å². The van der Waals surface area contributed by atoms with Crippen LogP contribution in [0.4, 0.5) is 11.8 Å². The van der Waals surface area contributed by atoms with E-state index in [1.165, 1.54) is 0 Å². The van der Waals surface area contributed by atoms with Gasteiger partial charge in [0.25, 0.3) is 11.7 Å². The van der Waals surface area contributed by atoms with Gasteiger partial charge in [0.2, 0.25) is 11.9 Å². The number of hydrogen-bond donors (Lipinski definition) is 6. The summed E-state index contributed by atoms with van der Waals surface area (Å²) in [5.41, 5.74) is 4.29. The maximum absolute atomic E-state index is 13.2. The van der Waals surface area contributed by atoms with E-state index in [1.54, 1.807) is 24.0 Å². The number of nitrogens with zero attached hydrogens (tertiary/aromatic N) is 5. The molecular weight excluding hydrogens is 699 g/mol. The van der Waals surface area contributed by atoms with Crippen LogP contribution in [-0.2, 0) is 9.59 Å². The Morgan fingerprint density at radius 2 is 1.62 bits per heavy atom. The number of fused-ring (bicyclic) bond motifs is 2. The molecule has 14 nitrogen and oxygen atoms in total. The monoisotopic (exact) mass is 741 g/mol. The van der Waals surface area contributed by atoms with Crippen LogP contribution >= 0.6 is 0 Å². The number of H-pyrrole nitrogens is 1. The molecule has 0 bridgehead atoms. The van der Waals surface area contributed by atoms with Gasteiger partial charge in [-0.1, -0.05) is 85.8 Å². The van der Waals surface area contributed by atoms with Gasteiger partial charge in [-0.15, -0.1) is 0 Å². The molecule has 2 fully saturated rings. The minimum Gasteiger partial charge on any atom is -0.388 e. The maximum atomic E-state index is 13.2. The molecule has 3 aromatic carbocycles. The number of amides is 2. The Bertz CT molecular complexity index is 2290. The number of aromatic amines is 1. The van der Waals surface area contributed by atoms with Gasteiger partial charge in [0.1, 0.15) is 12.2 Å². The standard InChI is InChI=1S/C41H43N9O5/c1-2-33(51)46-31-19-32(37(54)36(31)53)50-23-44-34-38(43-20-28(24-11-5-3-6-12-24)25-13-7-4-8-14-25)47-41(48-39(34)50)49-18-17-26(22-49)45-40(55)35(52)29-21-42-30-16-10-9-15-27(29)30/h3-16,21,23,26,28,31-32,36-37,42,53-54H,2,17-20,22H2,1H3,(H,45,55)(H,46,51)(H,43,47,48)/t26-,31+,32-,36-,37+/m1/s1. The third kappa shape index (κ3) is 7.13. The zero-order valence-corrected chi connectivity index (χ0v) is 30.3. The van der Waals surface area contributed by atoms with E-state index in [0.29, 0.717) is 59.9 Å². The van der Waals surface area contributed by atoms with Crippen molar-refractivity contribution in [2.24, 2.45) is 0 Å². The molecule has 5 atom stereocenters. The molecule has 0 spiro atoms. The van der Waals surface area contributed by atoms with E-state index in [1.807, 2.05) is 65.6 Å². The van der Waals surface area contributed by atoms with Crippen molar-refractivity contribution in [3.8, 4) is 0 Å². The molecule has 282 valence electrons. The van der Waals surface area contributed by atoms with Crippen LogP contribution < -0.4 is 20.9 Å². The molecule has 0 unspecified atom stereocenters. The molecule has 1 aliphatic carbocycles. The number of benzene rings is 3. The molecule has 8 rings (SSSR count). The van der Waals surface area contributed by atoms with Crippen LogP contribution in [0.5, 0.6) is 0 Å². The second-order valence-electron chi connectivity index (χ2n) is 14.2. The predicted octanol–water partition coefficient (Wildman–Crippen LogP) is 3.69. The first-order valence-corrected chi connectivity index (χ1v) is 18.7. The summed E-state index contributed by atoms with van der Waals surface area (Å²) in [6.45, 7) is 3.09. The zero-order valence-electron chi connectivity index (χ0n) is 30.3. The summed E-state index contributed by atoms with van der Waals surface area (Å²) in [6, 6.07) is 26.2. The molecule has 14 heteroatoms. The zero-order chi connectivity index (χ0) is 38.1. The van der Waals surface area contributed by atoms with E-state index in [4.69, 9.17) is 15.0 Å². The molecule has 6 aromatic rings. The van der Waals surface area contributed by atoms with Crippen LogP contribution in [0, 0.1) is 0 Å². The quantitative estimate of drug-likeness (QED) is 0.0797. The largest absolute Gasteiger partial charge is 0.388 e. The van der Waals surface area contributed by atoms with Crippen molar-refractivity contribution in [1.29, 1.82) is 0 Å². The van der Waals surface area contributed by atoms with Gasteiger partial charge in [0, 0.05) is 55.1 Å². The Morgan fingerprint density at radius 3 is 2.35 bits per heavy atom. The highest BCUT2D eigenvalue weighted by molar-refractivity contribution is 6.45. The number of ketones is 1. The summed E-state index contributed by atoms with van der Waals surface area (Å²) in [5, 5.41) is 32.2. The normalized spacial score (nSPS) is 21.0. The van der Waals surface area contributed by atoms with Crippen LogP contribution in [0.25, 0.3) is 22.1 Å². The van der Waals surface area contributed by atoms with Gasteiger partial charge in [0.15, 0.2) is 17.0 Å². The first-order chi connectivity index (χ1) is 26.8. The van der Waals surface area contributed by atoms with Gasteiger partial charge in [-0.2, -0.15) is 9.97 Å². The first kappa shape index (κ1) is 35.9. The average molecular weight is 742 g/mol. The SMILES string of the molecule is CCC(=O)N[C@H]1C[C@@H](n2cnc3c(NCC(c4ccccc4)c4ccccc4)nc(N4CC[C@@H](NC(=O)C(=O)c5c[nH]c6ccccc56)C4)nc32)[C@H](O)[C@@H]1O. The fraction of sp³-hybridized carbons (Fsp3) is 0.317. The minimum atomic E-state index is -1.18. The number of aliphatic hydroxyl groups is 2. The molecule has 1 saturated carbocycles. The number of carbonyl (C=O) groups excluding carboxylic acids is 3. The highest BCUT2D eigenvalue weighted by atomic mass is 16.3. The number of aromatic nitrogens is 5. The lowest BCUT2D eigenvalue weighted by Gasteiger charge is -2.22. The van der Waals surface area contributed by atoms with Crippen molar-refractivity contribution >= 4 is 51.4 Å². The number of rotatable bonds is 12. The van der Waals surface area contributed by atoms with E-state index in [0.717, 1.165) is 16.6 Å². The molecule has 6 N–H and O–H groups in total. The van der Waals surface area contributed by atoms with Crippen LogP contribution in [0.3, 0.4) is 0 Å². The van der Waals surface area contributed by atoms with Gasteiger partial charge in [0.05, 0.1) is 24.0 Å². The lowest BCUT2D eigenvalue weighted by atomic mass is 9.91. The molecular formula is C41H43N9O5. The number of hydrogen-bond acceptors (Lipinski definition) is 10. The van der Waals surface area contributed by atoms with E-state index >= 15 is 0 Å². The number of Topliss-reactive ketones (excluding diaryl/α,β-unsaturated/α-hetero) is 1. The Kier molecular flexibility index (Phi) is 10.00.